The number of aromatic nitrogens is 3. The highest BCUT2D eigenvalue weighted by molar-refractivity contribution is 6.32. The number of pyridine rings is 1. The Bertz CT molecular complexity index is 735. The molecule has 1 amide bonds. The summed E-state index contributed by atoms with van der Waals surface area (Å²) in [5.41, 5.74) is -0.778. The summed E-state index contributed by atoms with van der Waals surface area (Å²) in [5.74, 6) is -0.763. The number of carbonyl (C=O) groups is 1. The van der Waals surface area contributed by atoms with Gasteiger partial charge in [0.2, 0.25) is 5.15 Å². The fraction of sp³-hybridized carbons (Fsp3) is 0. The maximum atomic E-state index is 12.0. The number of hydrogen-bond donors (Lipinski definition) is 2. The van der Waals surface area contributed by atoms with Gasteiger partial charge in [0.1, 0.15) is 23.0 Å². The number of H-pyrrole nitrogens is 1. The van der Waals surface area contributed by atoms with Crippen LogP contribution in [0.3, 0.4) is 0 Å². The maximum Gasteiger partial charge on any atom is 0.319 e. The van der Waals surface area contributed by atoms with Crippen LogP contribution in [0.2, 0.25) is 5.15 Å². The molecule has 0 aliphatic rings. The molecule has 0 atom stereocenters. The Morgan fingerprint density at radius 1 is 1.60 bits per heavy atom. The van der Waals surface area contributed by atoms with E-state index in [0.717, 1.165) is 6.07 Å². The largest absolute Gasteiger partial charge is 0.319 e. The molecule has 0 fully saturated rings. The summed E-state index contributed by atoms with van der Waals surface area (Å²) in [6.45, 7) is 0. The number of aromatic amines is 1. The van der Waals surface area contributed by atoms with E-state index in [1.807, 2.05) is 0 Å². The zero-order valence-electron chi connectivity index (χ0n) is 9.62. The molecular formula is C10H5ClN6O3. The van der Waals surface area contributed by atoms with E-state index in [0.29, 0.717) is 0 Å². The standard InChI is InChI=1S/C10H5ClN6O3/c11-8-7(17(19)20)6(1-2-13-8)10(18)15-9-5(3-12)4-14-16-9/h1-2,4H,(H2,14,15,16,18). The Balaban J connectivity index is 2.38. The van der Waals surface area contributed by atoms with Gasteiger partial charge >= 0.3 is 5.69 Å². The molecule has 0 saturated carbocycles. The molecule has 0 aliphatic heterocycles. The van der Waals surface area contributed by atoms with Gasteiger partial charge in [-0.3, -0.25) is 20.0 Å². The zero-order valence-corrected chi connectivity index (χ0v) is 10.4. The third kappa shape index (κ3) is 2.40. The van der Waals surface area contributed by atoms with Crippen LogP contribution in [0.15, 0.2) is 18.5 Å². The third-order valence-electron chi connectivity index (χ3n) is 2.31. The third-order valence-corrected chi connectivity index (χ3v) is 2.58. The predicted molar refractivity (Wildman–Crippen MR) is 67.2 cm³/mol. The van der Waals surface area contributed by atoms with E-state index < -0.39 is 21.7 Å². The summed E-state index contributed by atoms with van der Waals surface area (Å²) in [5, 5.41) is 27.6. The molecule has 10 heteroatoms. The van der Waals surface area contributed by atoms with Crippen LogP contribution < -0.4 is 5.32 Å². The van der Waals surface area contributed by atoms with Crippen LogP contribution in [0.1, 0.15) is 15.9 Å². The van der Waals surface area contributed by atoms with E-state index in [2.05, 4.69) is 20.5 Å². The van der Waals surface area contributed by atoms with Crippen molar-refractivity contribution in [3.8, 4) is 6.07 Å². The minimum atomic E-state index is -0.804. The Morgan fingerprint density at radius 3 is 3.00 bits per heavy atom. The van der Waals surface area contributed by atoms with Crippen molar-refractivity contribution in [1.82, 2.24) is 15.2 Å². The van der Waals surface area contributed by atoms with Crippen LogP contribution in [-0.4, -0.2) is 26.0 Å². The zero-order chi connectivity index (χ0) is 14.7. The molecule has 0 aliphatic carbocycles. The molecule has 2 aromatic rings. The Hall–Kier alpha value is -2.99. The van der Waals surface area contributed by atoms with Gasteiger partial charge in [-0.15, -0.1) is 0 Å². The quantitative estimate of drug-likeness (QED) is 0.499. The second-order valence-electron chi connectivity index (χ2n) is 3.48. The highest BCUT2D eigenvalue weighted by Crippen LogP contribution is 2.26. The van der Waals surface area contributed by atoms with Gasteiger partial charge in [-0.25, -0.2) is 4.98 Å². The topological polar surface area (TPSA) is 138 Å². The highest BCUT2D eigenvalue weighted by atomic mass is 35.5. The van der Waals surface area contributed by atoms with Gasteiger partial charge in [0, 0.05) is 6.20 Å². The first-order valence-electron chi connectivity index (χ1n) is 5.08. The molecular weight excluding hydrogens is 288 g/mol. The molecule has 2 rings (SSSR count). The Kier molecular flexibility index (Phi) is 3.58. The van der Waals surface area contributed by atoms with E-state index >= 15 is 0 Å². The van der Waals surface area contributed by atoms with Gasteiger partial charge < -0.3 is 5.32 Å². The summed E-state index contributed by atoms with van der Waals surface area (Å²) in [7, 11) is 0. The molecule has 2 N–H and O–H groups in total. The van der Waals surface area contributed by atoms with Crippen LogP contribution in [0.4, 0.5) is 11.5 Å². The first-order valence-corrected chi connectivity index (χ1v) is 5.46. The SMILES string of the molecule is N#Cc1cn[nH]c1NC(=O)c1ccnc(Cl)c1[N+](=O)[O-]. The number of nitrogens with one attached hydrogen (secondary N) is 2. The van der Waals surface area contributed by atoms with Crippen LogP contribution >= 0.6 is 11.6 Å². The summed E-state index contributed by atoms with van der Waals surface area (Å²) in [6, 6.07) is 2.95. The minimum Gasteiger partial charge on any atom is -0.306 e. The van der Waals surface area contributed by atoms with E-state index in [1.54, 1.807) is 6.07 Å². The molecule has 20 heavy (non-hydrogen) atoms. The summed E-state index contributed by atoms with van der Waals surface area (Å²) >= 11 is 5.60. The van der Waals surface area contributed by atoms with Crippen molar-refractivity contribution in [2.75, 3.05) is 5.32 Å². The van der Waals surface area contributed by atoms with Crippen LogP contribution in [0.25, 0.3) is 0 Å². The van der Waals surface area contributed by atoms with E-state index in [9.17, 15) is 14.9 Å². The molecule has 0 unspecified atom stereocenters. The number of halogens is 1. The number of nitriles is 1. The van der Waals surface area contributed by atoms with Gasteiger partial charge in [-0.05, 0) is 6.07 Å². The monoisotopic (exact) mass is 292 g/mol. The molecule has 0 radical (unpaired) electrons. The molecule has 0 bridgehead atoms. The number of amides is 1. The molecule has 0 aromatic carbocycles. The lowest BCUT2D eigenvalue weighted by molar-refractivity contribution is -0.385. The van der Waals surface area contributed by atoms with E-state index in [-0.39, 0.29) is 16.9 Å². The minimum absolute atomic E-state index is 0.0414. The molecule has 0 saturated heterocycles. The second kappa shape index (κ2) is 5.33. The normalized spacial score (nSPS) is 9.80. The smallest absolute Gasteiger partial charge is 0.306 e. The van der Waals surface area contributed by atoms with Crippen molar-refractivity contribution >= 4 is 29.0 Å². The van der Waals surface area contributed by atoms with Crippen LogP contribution in [0, 0.1) is 21.4 Å². The number of hydrogen-bond acceptors (Lipinski definition) is 6. The maximum absolute atomic E-state index is 12.0. The highest BCUT2D eigenvalue weighted by Gasteiger charge is 2.25. The number of anilines is 1. The fourth-order valence-corrected chi connectivity index (χ4v) is 1.66. The van der Waals surface area contributed by atoms with Gasteiger partial charge in [-0.2, -0.15) is 10.4 Å². The molecule has 0 spiro atoms. The number of nitrogens with zero attached hydrogens (tertiary/aromatic N) is 4. The van der Waals surface area contributed by atoms with Gasteiger partial charge in [0.25, 0.3) is 5.91 Å². The summed E-state index contributed by atoms with van der Waals surface area (Å²) < 4.78 is 0. The lowest BCUT2D eigenvalue weighted by atomic mass is 10.2. The lowest BCUT2D eigenvalue weighted by Crippen LogP contribution is -2.15. The van der Waals surface area contributed by atoms with E-state index in [1.165, 1.54) is 12.4 Å². The van der Waals surface area contributed by atoms with Crippen molar-refractivity contribution < 1.29 is 9.72 Å². The van der Waals surface area contributed by atoms with Crippen molar-refractivity contribution in [3.63, 3.8) is 0 Å². The lowest BCUT2D eigenvalue weighted by Gasteiger charge is -2.04. The average molecular weight is 293 g/mol. The number of rotatable bonds is 3. The first kappa shape index (κ1) is 13.4. The average Bonchev–Trinajstić information content (AvgIpc) is 2.85. The van der Waals surface area contributed by atoms with Gasteiger partial charge in [-0.1, -0.05) is 11.6 Å². The van der Waals surface area contributed by atoms with Gasteiger partial charge in [0.15, 0.2) is 0 Å². The van der Waals surface area contributed by atoms with Crippen LogP contribution in [0.5, 0.6) is 0 Å². The first-order chi connectivity index (χ1) is 9.54. The second-order valence-corrected chi connectivity index (χ2v) is 3.84. The van der Waals surface area contributed by atoms with Crippen LogP contribution in [-0.2, 0) is 0 Å². The van der Waals surface area contributed by atoms with Crippen molar-refractivity contribution in [3.05, 3.63) is 44.9 Å². The molecule has 9 nitrogen and oxygen atoms in total. The summed E-state index contributed by atoms with van der Waals surface area (Å²) in [6.07, 6.45) is 2.38. The number of nitro groups is 1. The molecule has 2 aromatic heterocycles. The Labute approximate surface area is 116 Å². The van der Waals surface area contributed by atoms with Crippen molar-refractivity contribution in [2.24, 2.45) is 0 Å². The van der Waals surface area contributed by atoms with Gasteiger partial charge in [0.05, 0.1) is 11.1 Å². The van der Waals surface area contributed by atoms with Crippen molar-refractivity contribution in [1.29, 1.82) is 5.26 Å². The Morgan fingerprint density at radius 2 is 2.35 bits per heavy atom. The summed E-state index contributed by atoms with van der Waals surface area (Å²) in [4.78, 5) is 25.6. The molecule has 100 valence electrons. The number of carbonyl (C=O) groups excluding carboxylic acids is 1. The predicted octanol–water partition coefficient (Wildman–Crippen LogP) is 1.49. The van der Waals surface area contributed by atoms with Crippen molar-refractivity contribution in [2.45, 2.75) is 0 Å². The molecule has 2 heterocycles. The van der Waals surface area contributed by atoms with E-state index in [4.69, 9.17) is 16.9 Å². The fourth-order valence-electron chi connectivity index (χ4n) is 1.43.